The maximum Gasteiger partial charge on any atom is 0.270 e. The van der Waals surface area contributed by atoms with E-state index in [1.54, 1.807) is 18.3 Å². The van der Waals surface area contributed by atoms with Crippen molar-refractivity contribution in [1.82, 2.24) is 25.1 Å². The van der Waals surface area contributed by atoms with Gasteiger partial charge in [-0.05, 0) is 49.7 Å². The highest BCUT2D eigenvalue weighted by molar-refractivity contribution is 6.30. The molecule has 148 valence electrons. The number of halogens is 2. The molecule has 0 radical (unpaired) electrons. The van der Waals surface area contributed by atoms with E-state index in [1.807, 2.05) is 30.0 Å². The SMILES string of the molecule is Cc1[nH]ncc1-c1ccc2cc(C(=O)N3CCC3)[nH]c2n1.Fc1cccc(Cl)c1. The van der Waals surface area contributed by atoms with Gasteiger partial charge in [0.1, 0.15) is 17.2 Å². The molecular weight excluding hydrogens is 393 g/mol. The smallest absolute Gasteiger partial charge is 0.270 e. The number of hydrogen-bond donors (Lipinski definition) is 2. The Hall–Kier alpha value is -3.19. The van der Waals surface area contributed by atoms with Crippen LogP contribution in [0, 0.1) is 12.7 Å². The highest BCUT2D eigenvalue weighted by Gasteiger charge is 2.23. The zero-order valence-electron chi connectivity index (χ0n) is 15.7. The van der Waals surface area contributed by atoms with Gasteiger partial charge in [-0.15, -0.1) is 0 Å². The number of carbonyl (C=O) groups excluding carboxylic acids is 1. The van der Waals surface area contributed by atoms with Crippen LogP contribution in [-0.2, 0) is 0 Å². The number of nitrogens with zero attached hydrogens (tertiary/aromatic N) is 3. The molecule has 0 bridgehead atoms. The topological polar surface area (TPSA) is 77.7 Å². The molecule has 2 N–H and O–H groups in total. The number of likely N-dealkylation sites (tertiary alicyclic amines) is 1. The van der Waals surface area contributed by atoms with E-state index in [2.05, 4.69) is 20.2 Å². The van der Waals surface area contributed by atoms with Crippen LogP contribution in [0.3, 0.4) is 0 Å². The molecular formula is C21H19ClFN5O. The lowest BCUT2D eigenvalue weighted by Crippen LogP contribution is -2.42. The van der Waals surface area contributed by atoms with Crippen molar-refractivity contribution in [2.45, 2.75) is 13.3 Å². The van der Waals surface area contributed by atoms with Gasteiger partial charge >= 0.3 is 0 Å². The van der Waals surface area contributed by atoms with Gasteiger partial charge in [0.15, 0.2) is 0 Å². The number of aromatic nitrogens is 4. The maximum absolute atomic E-state index is 12.2. The Morgan fingerprint density at radius 2 is 2.03 bits per heavy atom. The van der Waals surface area contributed by atoms with E-state index in [-0.39, 0.29) is 11.7 Å². The van der Waals surface area contributed by atoms with Crippen molar-refractivity contribution in [3.63, 3.8) is 0 Å². The summed E-state index contributed by atoms with van der Waals surface area (Å²) in [4.78, 5) is 21.8. The van der Waals surface area contributed by atoms with Crippen molar-refractivity contribution in [3.8, 4) is 11.3 Å². The van der Waals surface area contributed by atoms with Crippen molar-refractivity contribution < 1.29 is 9.18 Å². The van der Waals surface area contributed by atoms with Crippen LogP contribution in [0.15, 0.2) is 48.7 Å². The van der Waals surface area contributed by atoms with E-state index in [0.717, 1.165) is 47.5 Å². The fourth-order valence-electron chi connectivity index (χ4n) is 3.03. The molecule has 0 atom stereocenters. The first-order chi connectivity index (χ1) is 14.0. The Balaban J connectivity index is 0.000000216. The lowest BCUT2D eigenvalue weighted by Gasteiger charge is -2.30. The second-order valence-corrected chi connectivity index (χ2v) is 7.25. The van der Waals surface area contributed by atoms with Gasteiger partial charge in [-0.25, -0.2) is 9.37 Å². The Bertz CT molecular complexity index is 1150. The van der Waals surface area contributed by atoms with Gasteiger partial charge in [0.05, 0.1) is 11.9 Å². The van der Waals surface area contributed by atoms with Crippen molar-refractivity contribution >= 4 is 28.5 Å². The van der Waals surface area contributed by atoms with Gasteiger partial charge in [0.2, 0.25) is 0 Å². The molecule has 0 saturated carbocycles. The summed E-state index contributed by atoms with van der Waals surface area (Å²) in [5.41, 5.74) is 4.14. The van der Waals surface area contributed by atoms with Gasteiger partial charge < -0.3 is 9.88 Å². The van der Waals surface area contributed by atoms with Crippen molar-refractivity contribution in [1.29, 1.82) is 0 Å². The molecule has 1 fully saturated rings. The summed E-state index contributed by atoms with van der Waals surface area (Å²) in [6, 6.07) is 11.6. The molecule has 4 aromatic rings. The van der Waals surface area contributed by atoms with Gasteiger partial charge in [-0.3, -0.25) is 9.89 Å². The van der Waals surface area contributed by atoms with Gasteiger partial charge in [0, 0.05) is 34.8 Å². The van der Waals surface area contributed by atoms with E-state index in [0.29, 0.717) is 10.7 Å². The molecule has 1 aliphatic heterocycles. The van der Waals surface area contributed by atoms with Gasteiger partial charge in [-0.2, -0.15) is 5.10 Å². The Morgan fingerprint density at radius 3 is 2.62 bits per heavy atom. The summed E-state index contributed by atoms with van der Waals surface area (Å²) in [6.07, 6.45) is 2.85. The largest absolute Gasteiger partial charge is 0.337 e. The fraction of sp³-hybridized carbons (Fsp3) is 0.190. The molecule has 0 unspecified atom stereocenters. The number of amides is 1. The highest BCUT2D eigenvalue weighted by Crippen LogP contribution is 2.23. The zero-order valence-corrected chi connectivity index (χ0v) is 16.5. The number of benzene rings is 1. The lowest BCUT2D eigenvalue weighted by atomic mass is 10.1. The normalized spacial score (nSPS) is 13.0. The molecule has 0 spiro atoms. The first kappa shape index (κ1) is 19.1. The molecule has 5 rings (SSSR count). The second-order valence-electron chi connectivity index (χ2n) is 6.81. The second kappa shape index (κ2) is 8.05. The summed E-state index contributed by atoms with van der Waals surface area (Å²) >= 11 is 5.40. The minimum Gasteiger partial charge on any atom is -0.337 e. The molecule has 3 aromatic heterocycles. The monoisotopic (exact) mass is 411 g/mol. The quantitative estimate of drug-likeness (QED) is 0.506. The van der Waals surface area contributed by atoms with Crippen molar-refractivity contribution in [2.75, 3.05) is 13.1 Å². The lowest BCUT2D eigenvalue weighted by molar-refractivity contribution is 0.0646. The maximum atomic E-state index is 12.2. The zero-order chi connectivity index (χ0) is 20.4. The van der Waals surface area contributed by atoms with Crippen LogP contribution in [-0.4, -0.2) is 44.1 Å². The summed E-state index contributed by atoms with van der Waals surface area (Å²) in [5.74, 6) is -0.238. The number of aryl methyl sites for hydroxylation is 1. The Morgan fingerprint density at radius 1 is 1.21 bits per heavy atom. The summed E-state index contributed by atoms with van der Waals surface area (Å²) in [7, 11) is 0. The average Bonchev–Trinajstić information content (AvgIpc) is 3.25. The molecule has 1 amide bonds. The molecule has 1 aromatic carbocycles. The summed E-state index contributed by atoms with van der Waals surface area (Å²) < 4.78 is 12.1. The molecule has 1 saturated heterocycles. The fourth-order valence-corrected chi connectivity index (χ4v) is 3.21. The van der Waals surface area contributed by atoms with Crippen LogP contribution in [0.2, 0.25) is 5.02 Å². The number of nitrogens with one attached hydrogen (secondary N) is 2. The summed E-state index contributed by atoms with van der Waals surface area (Å²) in [6.45, 7) is 3.66. The molecule has 6 nitrogen and oxygen atoms in total. The minimum absolute atomic E-state index is 0.0558. The molecule has 29 heavy (non-hydrogen) atoms. The number of rotatable bonds is 2. The van der Waals surface area contributed by atoms with E-state index in [9.17, 15) is 9.18 Å². The predicted molar refractivity (Wildman–Crippen MR) is 110 cm³/mol. The molecule has 1 aliphatic rings. The van der Waals surface area contributed by atoms with Gasteiger partial charge in [-0.1, -0.05) is 17.7 Å². The highest BCUT2D eigenvalue weighted by atomic mass is 35.5. The first-order valence-corrected chi connectivity index (χ1v) is 9.59. The first-order valence-electron chi connectivity index (χ1n) is 9.22. The molecule has 4 heterocycles. The number of carbonyl (C=O) groups is 1. The third-order valence-corrected chi connectivity index (χ3v) is 4.98. The summed E-state index contributed by atoms with van der Waals surface area (Å²) in [5, 5.41) is 8.31. The number of pyridine rings is 1. The van der Waals surface area contributed by atoms with E-state index in [4.69, 9.17) is 11.6 Å². The van der Waals surface area contributed by atoms with E-state index >= 15 is 0 Å². The van der Waals surface area contributed by atoms with Crippen LogP contribution in [0.5, 0.6) is 0 Å². The number of aromatic amines is 2. The van der Waals surface area contributed by atoms with Crippen LogP contribution in [0.25, 0.3) is 22.3 Å². The van der Waals surface area contributed by atoms with Crippen LogP contribution in [0.4, 0.5) is 4.39 Å². The Kier molecular flexibility index (Phi) is 5.31. The predicted octanol–water partition coefficient (Wildman–Crippen LogP) is 4.59. The molecule has 8 heteroatoms. The standard InChI is InChI=1S/C15H15N5O.C6H4ClF/c1-9-11(8-16-19-9)12-4-3-10-7-13(18-14(10)17-12)15(21)20-5-2-6-20;7-5-2-1-3-6(8)4-5/h3-4,7-8H,2,5-6H2,1H3,(H,16,19)(H,17,18);1-4H. The Labute approximate surface area is 171 Å². The minimum atomic E-state index is -0.294. The van der Waals surface area contributed by atoms with Crippen LogP contribution >= 0.6 is 11.6 Å². The van der Waals surface area contributed by atoms with Crippen molar-refractivity contribution in [2.24, 2.45) is 0 Å². The van der Waals surface area contributed by atoms with Crippen molar-refractivity contribution in [3.05, 3.63) is 70.9 Å². The van der Waals surface area contributed by atoms with Crippen LogP contribution < -0.4 is 0 Å². The number of H-pyrrole nitrogens is 2. The average molecular weight is 412 g/mol. The number of hydrogen-bond acceptors (Lipinski definition) is 3. The molecule has 0 aliphatic carbocycles. The third-order valence-electron chi connectivity index (χ3n) is 4.75. The van der Waals surface area contributed by atoms with E-state index < -0.39 is 0 Å². The van der Waals surface area contributed by atoms with Crippen LogP contribution in [0.1, 0.15) is 22.6 Å². The number of fused-ring (bicyclic) bond motifs is 1. The van der Waals surface area contributed by atoms with Gasteiger partial charge in [0.25, 0.3) is 5.91 Å². The van der Waals surface area contributed by atoms with E-state index in [1.165, 1.54) is 12.1 Å². The third kappa shape index (κ3) is 4.14.